The molecule has 0 aliphatic carbocycles. The van der Waals surface area contributed by atoms with E-state index in [-0.39, 0.29) is 41.3 Å². The second-order valence-corrected chi connectivity index (χ2v) is 8.38. The Balaban J connectivity index is 0.000000797. The van der Waals surface area contributed by atoms with Crippen molar-refractivity contribution in [2.75, 3.05) is 13.2 Å². The maximum Gasteiger partial charge on any atom is 0.330 e. The zero-order valence-corrected chi connectivity index (χ0v) is 20.7. The number of aliphatic hydroxyl groups excluding tert-OH is 2. The molecule has 2 rings (SSSR count). The summed E-state index contributed by atoms with van der Waals surface area (Å²) in [5.41, 5.74) is 3.57. The summed E-state index contributed by atoms with van der Waals surface area (Å²) < 4.78 is 0. The standard InChI is InChI=1S/C19H24O4.2C4H6O2/c1-19(2,13-3-5-14(22)6-4-13)17-7-8-18(23)16(10-12-21)15(17)9-11-20;2*1-3(2)4(5)6/h3-8,20-23H,9-12H2,1-2H3;2*1H2,2H3,(H,5,6). The Morgan fingerprint density at radius 2 is 1.17 bits per heavy atom. The van der Waals surface area contributed by atoms with Gasteiger partial charge in [0.25, 0.3) is 0 Å². The van der Waals surface area contributed by atoms with Crippen LogP contribution in [-0.4, -0.2) is 55.8 Å². The van der Waals surface area contributed by atoms with E-state index in [1.807, 2.05) is 18.2 Å². The Labute approximate surface area is 206 Å². The van der Waals surface area contributed by atoms with E-state index in [0.29, 0.717) is 18.4 Å². The molecule has 2 aromatic carbocycles. The summed E-state index contributed by atoms with van der Waals surface area (Å²) in [4.78, 5) is 19.2. The van der Waals surface area contributed by atoms with Crippen LogP contribution < -0.4 is 0 Å². The zero-order valence-electron chi connectivity index (χ0n) is 20.7. The van der Waals surface area contributed by atoms with Crippen LogP contribution in [-0.2, 0) is 27.8 Å². The van der Waals surface area contributed by atoms with Crippen LogP contribution in [0.1, 0.15) is 49.9 Å². The lowest BCUT2D eigenvalue weighted by molar-refractivity contribution is -0.133. The van der Waals surface area contributed by atoms with Crippen LogP contribution >= 0.6 is 0 Å². The molecule has 0 radical (unpaired) electrons. The molecule has 0 amide bonds. The molecular formula is C27H36O8. The van der Waals surface area contributed by atoms with Crippen molar-refractivity contribution in [2.45, 2.75) is 46.0 Å². The molecule has 0 fully saturated rings. The molecule has 0 aliphatic rings. The second kappa shape index (κ2) is 14.6. The van der Waals surface area contributed by atoms with Crippen LogP contribution in [0.25, 0.3) is 0 Å². The Morgan fingerprint density at radius 1 is 0.771 bits per heavy atom. The van der Waals surface area contributed by atoms with E-state index in [2.05, 4.69) is 27.0 Å². The average Bonchev–Trinajstić information content (AvgIpc) is 2.77. The number of carboxylic acid groups (broad SMARTS) is 2. The van der Waals surface area contributed by atoms with Gasteiger partial charge in [0.2, 0.25) is 0 Å². The Morgan fingerprint density at radius 3 is 1.54 bits per heavy atom. The number of rotatable bonds is 8. The normalized spacial score (nSPS) is 10.2. The molecule has 8 heteroatoms. The third-order valence-corrected chi connectivity index (χ3v) is 5.12. The first-order valence-electron chi connectivity index (χ1n) is 10.8. The maximum atomic E-state index is 10.1. The van der Waals surface area contributed by atoms with Gasteiger partial charge in [-0.1, -0.05) is 45.2 Å². The summed E-state index contributed by atoms with van der Waals surface area (Å²) >= 11 is 0. The third-order valence-electron chi connectivity index (χ3n) is 5.12. The van der Waals surface area contributed by atoms with Crippen LogP contribution in [0.15, 0.2) is 60.7 Å². The molecule has 0 spiro atoms. The lowest BCUT2D eigenvalue weighted by Crippen LogP contribution is -2.22. The second-order valence-electron chi connectivity index (χ2n) is 8.38. The van der Waals surface area contributed by atoms with E-state index >= 15 is 0 Å². The maximum absolute atomic E-state index is 10.1. The van der Waals surface area contributed by atoms with Gasteiger partial charge >= 0.3 is 11.9 Å². The Hall–Kier alpha value is -3.62. The lowest BCUT2D eigenvalue weighted by Gasteiger charge is -2.30. The molecule has 0 heterocycles. The number of aromatic hydroxyl groups is 2. The molecule has 0 unspecified atom stereocenters. The summed E-state index contributed by atoms with van der Waals surface area (Å²) in [6.07, 6.45) is 0.765. The van der Waals surface area contributed by atoms with Crippen molar-refractivity contribution in [3.63, 3.8) is 0 Å². The summed E-state index contributed by atoms with van der Waals surface area (Å²) in [5, 5.41) is 54.1. The largest absolute Gasteiger partial charge is 0.508 e. The van der Waals surface area contributed by atoms with Gasteiger partial charge in [0, 0.05) is 29.8 Å². The van der Waals surface area contributed by atoms with E-state index in [1.54, 1.807) is 18.2 Å². The molecule has 2 aromatic rings. The topological polar surface area (TPSA) is 156 Å². The van der Waals surface area contributed by atoms with Gasteiger partial charge in [0.1, 0.15) is 11.5 Å². The lowest BCUT2D eigenvalue weighted by atomic mass is 9.74. The van der Waals surface area contributed by atoms with Crippen molar-refractivity contribution in [1.29, 1.82) is 0 Å². The summed E-state index contributed by atoms with van der Waals surface area (Å²) in [6, 6.07) is 10.6. The van der Waals surface area contributed by atoms with Gasteiger partial charge in [-0.2, -0.15) is 0 Å². The first kappa shape index (κ1) is 31.4. The minimum atomic E-state index is -0.935. The van der Waals surface area contributed by atoms with Crippen molar-refractivity contribution >= 4 is 11.9 Å². The SMILES string of the molecule is C=C(C)C(=O)O.C=C(C)C(=O)O.CC(C)(c1ccc(O)cc1)c1ccc(O)c(CCO)c1CCO. The van der Waals surface area contributed by atoms with Crippen LogP contribution in [0.4, 0.5) is 0 Å². The van der Waals surface area contributed by atoms with Crippen LogP contribution in [0.2, 0.25) is 0 Å². The number of carbonyl (C=O) groups is 2. The highest BCUT2D eigenvalue weighted by Crippen LogP contribution is 2.38. The minimum Gasteiger partial charge on any atom is -0.508 e. The van der Waals surface area contributed by atoms with E-state index in [4.69, 9.17) is 10.2 Å². The molecular weight excluding hydrogens is 452 g/mol. The van der Waals surface area contributed by atoms with Gasteiger partial charge in [-0.25, -0.2) is 9.59 Å². The fourth-order valence-electron chi connectivity index (χ4n) is 3.09. The quantitative estimate of drug-likeness (QED) is 0.307. The Kier molecular flexibility index (Phi) is 13.1. The van der Waals surface area contributed by atoms with Crippen molar-refractivity contribution in [2.24, 2.45) is 0 Å². The molecule has 0 saturated heterocycles. The number of phenols is 2. The van der Waals surface area contributed by atoms with Crippen molar-refractivity contribution in [3.05, 3.63) is 83.0 Å². The number of hydrogen-bond donors (Lipinski definition) is 6. The average molecular weight is 489 g/mol. The van der Waals surface area contributed by atoms with Gasteiger partial charge in [-0.15, -0.1) is 0 Å². The molecule has 0 atom stereocenters. The van der Waals surface area contributed by atoms with E-state index in [0.717, 1.165) is 16.7 Å². The fourth-order valence-corrected chi connectivity index (χ4v) is 3.09. The molecule has 35 heavy (non-hydrogen) atoms. The number of phenolic OH excluding ortho intramolecular Hbond substituents is 2. The van der Waals surface area contributed by atoms with Crippen LogP contribution in [0, 0.1) is 0 Å². The number of carboxylic acids is 2. The van der Waals surface area contributed by atoms with Gasteiger partial charge in [-0.05, 0) is 67.1 Å². The molecule has 8 nitrogen and oxygen atoms in total. The molecule has 192 valence electrons. The number of aliphatic hydroxyl groups is 2. The zero-order chi connectivity index (χ0) is 27.3. The summed E-state index contributed by atoms with van der Waals surface area (Å²) in [5.74, 6) is -1.51. The monoisotopic (exact) mass is 488 g/mol. The van der Waals surface area contributed by atoms with Crippen molar-refractivity contribution < 1.29 is 40.2 Å². The van der Waals surface area contributed by atoms with E-state index in [9.17, 15) is 30.0 Å². The van der Waals surface area contributed by atoms with Gasteiger partial charge in [-0.3, -0.25) is 0 Å². The minimum absolute atomic E-state index is 0.0272. The highest BCUT2D eigenvalue weighted by molar-refractivity contribution is 5.85. The number of aliphatic carboxylic acids is 2. The molecule has 6 N–H and O–H groups in total. The molecule has 0 bridgehead atoms. The van der Waals surface area contributed by atoms with Crippen molar-refractivity contribution in [1.82, 2.24) is 0 Å². The summed E-state index contributed by atoms with van der Waals surface area (Å²) in [6.45, 7) is 13.2. The number of hydrogen-bond acceptors (Lipinski definition) is 6. The number of benzene rings is 2. The van der Waals surface area contributed by atoms with Crippen LogP contribution in [0.3, 0.4) is 0 Å². The van der Waals surface area contributed by atoms with Gasteiger partial charge < -0.3 is 30.6 Å². The predicted molar refractivity (Wildman–Crippen MR) is 135 cm³/mol. The van der Waals surface area contributed by atoms with E-state index in [1.165, 1.54) is 13.8 Å². The van der Waals surface area contributed by atoms with Gasteiger partial charge in [0.15, 0.2) is 0 Å². The van der Waals surface area contributed by atoms with E-state index < -0.39 is 11.9 Å². The first-order chi connectivity index (χ1) is 16.2. The van der Waals surface area contributed by atoms with Crippen molar-refractivity contribution in [3.8, 4) is 11.5 Å². The smallest absolute Gasteiger partial charge is 0.330 e. The highest BCUT2D eigenvalue weighted by atomic mass is 16.4. The molecule has 0 aromatic heterocycles. The van der Waals surface area contributed by atoms with Gasteiger partial charge in [0.05, 0.1) is 0 Å². The molecule has 0 aliphatic heterocycles. The summed E-state index contributed by atoms with van der Waals surface area (Å²) in [7, 11) is 0. The molecule has 0 saturated carbocycles. The fraction of sp³-hybridized carbons (Fsp3) is 0.333. The highest BCUT2D eigenvalue weighted by Gasteiger charge is 2.27. The predicted octanol–water partition coefficient (Wildman–Crippen LogP) is 3.79. The third kappa shape index (κ3) is 10.0. The van der Waals surface area contributed by atoms with Crippen LogP contribution in [0.5, 0.6) is 11.5 Å². The Bertz CT molecular complexity index is 972. The first-order valence-corrected chi connectivity index (χ1v) is 10.8.